The van der Waals surface area contributed by atoms with Gasteiger partial charge in [0, 0.05) is 18.1 Å². The monoisotopic (exact) mass is 524 g/mol. The Morgan fingerprint density at radius 1 is 1.00 bits per heavy atom. The van der Waals surface area contributed by atoms with Gasteiger partial charge in [0.25, 0.3) is 5.91 Å². The van der Waals surface area contributed by atoms with Crippen molar-refractivity contribution < 1.29 is 28.2 Å². The highest BCUT2D eigenvalue weighted by molar-refractivity contribution is 5.96. The fraction of sp³-hybridized carbons (Fsp3) is 0.333. The van der Waals surface area contributed by atoms with Gasteiger partial charge in [0.1, 0.15) is 12.4 Å². The second-order valence-electron chi connectivity index (χ2n) is 10.0. The number of benzene rings is 3. The third kappa shape index (κ3) is 7.61. The third-order valence-electron chi connectivity index (χ3n) is 6.19. The van der Waals surface area contributed by atoms with E-state index in [1.54, 1.807) is 18.2 Å². The standard InChI is InChI=1S/C30H34F2N2O4/c1-18(2)11-27(23-13-19(3)12-20(4)14-23)34(33)30(37)25-15-21(5-6-22(25)7-10-29(35)36)17-38-28-16-24(31)8-9-26(28)32/h5-6,8-9,12-16,18,27H,7,10-11,17,33H2,1-4H3,(H,35,36)/t27-/m1/s1. The van der Waals surface area contributed by atoms with E-state index in [4.69, 9.17) is 10.6 Å². The molecule has 0 aliphatic rings. The van der Waals surface area contributed by atoms with E-state index in [-0.39, 0.29) is 36.7 Å². The highest BCUT2D eigenvalue weighted by Gasteiger charge is 2.27. The zero-order valence-electron chi connectivity index (χ0n) is 22.1. The minimum atomic E-state index is -0.991. The molecule has 0 aliphatic heterocycles. The topological polar surface area (TPSA) is 92.9 Å². The quantitative estimate of drug-likeness (QED) is 0.175. The number of amides is 1. The number of aliphatic carboxylic acids is 1. The third-order valence-corrected chi connectivity index (χ3v) is 6.19. The van der Waals surface area contributed by atoms with Gasteiger partial charge in [0.2, 0.25) is 0 Å². The van der Waals surface area contributed by atoms with E-state index in [1.807, 2.05) is 32.0 Å². The fourth-order valence-corrected chi connectivity index (χ4v) is 4.46. The molecule has 0 radical (unpaired) electrons. The van der Waals surface area contributed by atoms with E-state index >= 15 is 0 Å². The molecule has 3 aromatic rings. The molecular formula is C30H34F2N2O4. The smallest absolute Gasteiger partial charge is 0.303 e. The fourth-order valence-electron chi connectivity index (χ4n) is 4.46. The van der Waals surface area contributed by atoms with Crippen LogP contribution in [0.3, 0.4) is 0 Å². The lowest BCUT2D eigenvalue weighted by Crippen LogP contribution is -2.41. The lowest BCUT2D eigenvalue weighted by atomic mass is 9.93. The molecule has 202 valence electrons. The molecule has 0 saturated carbocycles. The van der Waals surface area contributed by atoms with Crippen LogP contribution in [0.5, 0.6) is 5.75 Å². The number of hydrogen-bond acceptors (Lipinski definition) is 4. The normalized spacial score (nSPS) is 11.9. The highest BCUT2D eigenvalue weighted by atomic mass is 19.1. The van der Waals surface area contributed by atoms with Crippen molar-refractivity contribution in [3.05, 3.63) is 99.6 Å². The van der Waals surface area contributed by atoms with E-state index in [1.165, 1.54) is 5.01 Å². The number of carboxylic acids is 1. The Morgan fingerprint density at radius 2 is 1.68 bits per heavy atom. The number of hydrogen-bond donors (Lipinski definition) is 2. The lowest BCUT2D eigenvalue weighted by Gasteiger charge is -2.30. The largest absolute Gasteiger partial charge is 0.486 e. The predicted molar refractivity (Wildman–Crippen MR) is 142 cm³/mol. The molecular weight excluding hydrogens is 490 g/mol. The first kappa shape index (κ1) is 28.8. The van der Waals surface area contributed by atoms with E-state index in [0.717, 1.165) is 34.9 Å². The van der Waals surface area contributed by atoms with Crippen LogP contribution in [0.25, 0.3) is 0 Å². The first-order valence-corrected chi connectivity index (χ1v) is 12.5. The van der Waals surface area contributed by atoms with Crippen LogP contribution < -0.4 is 10.6 Å². The van der Waals surface area contributed by atoms with Gasteiger partial charge in [-0.15, -0.1) is 0 Å². The highest BCUT2D eigenvalue weighted by Crippen LogP contribution is 2.30. The Balaban J connectivity index is 1.96. The van der Waals surface area contributed by atoms with Crippen LogP contribution >= 0.6 is 0 Å². The van der Waals surface area contributed by atoms with Gasteiger partial charge in [0.05, 0.1) is 6.04 Å². The van der Waals surface area contributed by atoms with Gasteiger partial charge in [-0.3, -0.25) is 14.6 Å². The molecule has 3 aromatic carbocycles. The van der Waals surface area contributed by atoms with Crippen molar-refractivity contribution in [2.24, 2.45) is 11.8 Å². The molecule has 0 heterocycles. The lowest BCUT2D eigenvalue weighted by molar-refractivity contribution is -0.136. The van der Waals surface area contributed by atoms with Crippen molar-refractivity contribution in [1.29, 1.82) is 0 Å². The molecule has 3 rings (SSSR count). The maximum atomic E-state index is 14.0. The van der Waals surface area contributed by atoms with Crippen molar-refractivity contribution in [1.82, 2.24) is 5.01 Å². The van der Waals surface area contributed by atoms with Gasteiger partial charge in [-0.2, -0.15) is 0 Å². The maximum absolute atomic E-state index is 14.0. The molecule has 0 unspecified atom stereocenters. The summed E-state index contributed by atoms with van der Waals surface area (Å²) in [6.07, 6.45) is 0.585. The molecule has 0 bridgehead atoms. The van der Waals surface area contributed by atoms with Crippen molar-refractivity contribution in [2.75, 3.05) is 0 Å². The second-order valence-corrected chi connectivity index (χ2v) is 10.0. The molecule has 8 heteroatoms. The van der Waals surface area contributed by atoms with Crippen LogP contribution in [0.15, 0.2) is 54.6 Å². The summed E-state index contributed by atoms with van der Waals surface area (Å²) in [5, 5.41) is 10.4. The summed E-state index contributed by atoms with van der Waals surface area (Å²) < 4.78 is 33.0. The summed E-state index contributed by atoms with van der Waals surface area (Å²) in [6, 6.07) is 13.5. The van der Waals surface area contributed by atoms with Crippen molar-refractivity contribution in [3.63, 3.8) is 0 Å². The number of rotatable bonds is 11. The number of ether oxygens (including phenoxy) is 1. The number of halogens is 2. The molecule has 0 aliphatic carbocycles. The van der Waals surface area contributed by atoms with E-state index in [2.05, 4.69) is 13.8 Å². The number of carbonyl (C=O) groups is 2. The van der Waals surface area contributed by atoms with Gasteiger partial charge in [-0.1, -0.05) is 55.3 Å². The molecule has 0 spiro atoms. The number of aryl methyl sites for hydroxylation is 3. The van der Waals surface area contributed by atoms with Crippen LogP contribution in [-0.2, 0) is 17.8 Å². The van der Waals surface area contributed by atoms with Gasteiger partial charge in [0.15, 0.2) is 11.6 Å². The summed E-state index contributed by atoms with van der Waals surface area (Å²) >= 11 is 0. The summed E-state index contributed by atoms with van der Waals surface area (Å²) in [6.45, 7) is 7.95. The number of carboxylic acid groups (broad SMARTS) is 1. The molecule has 6 nitrogen and oxygen atoms in total. The predicted octanol–water partition coefficient (Wildman–Crippen LogP) is 6.28. The Bertz CT molecular complexity index is 1290. The zero-order chi connectivity index (χ0) is 28.0. The van der Waals surface area contributed by atoms with Crippen LogP contribution in [0.1, 0.15) is 70.9 Å². The first-order chi connectivity index (χ1) is 17.9. The van der Waals surface area contributed by atoms with Crippen molar-refractivity contribution >= 4 is 11.9 Å². The van der Waals surface area contributed by atoms with E-state index in [9.17, 15) is 23.5 Å². The summed E-state index contributed by atoms with van der Waals surface area (Å²) in [4.78, 5) is 25.1. The minimum Gasteiger partial charge on any atom is -0.486 e. The van der Waals surface area contributed by atoms with Gasteiger partial charge in [-0.25, -0.2) is 14.6 Å². The molecule has 1 atom stereocenters. The number of carbonyl (C=O) groups excluding carboxylic acids is 1. The molecule has 0 aromatic heterocycles. The average molecular weight is 525 g/mol. The summed E-state index contributed by atoms with van der Waals surface area (Å²) in [7, 11) is 0. The average Bonchev–Trinajstić information content (AvgIpc) is 2.85. The van der Waals surface area contributed by atoms with Crippen LogP contribution in [-0.4, -0.2) is 22.0 Å². The van der Waals surface area contributed by atoms with Gasteiger partial charge < -0.3 is 9.84 Å². The Morgan fingerprint density at radius 3 is 2.32 bits per heavy atom. The maximum Gasteiger partial charge on any atom is 0.303 e. The van der Waals surface area contributed by atoms with Crippen LogP contribution in [0, 0.1) is 31.4 Å². The number of nitrogens with two attached hydrogens (primary N) is 1. The van der Waals surface area contributed by atoms with Crippen molar-refractivity contribution in [2.45, 2.75) is 59.6 Å². The second kappa shape index (κ2) is 12.6. The van der Waals surface area contributed by atoms with Gasteiger partial charge >= 0.3 is 5.97 Å². The number of hydrazine groups is 1. The summed E-state index contributed by atoms with van der Waals surface area (Å²) in [5.74, 6) is 3.69. The van der Waals surface area contributed by atoms with Crippen molar-refractivity contribution in [3.8, 4) is 5.75 Å². The first-order valence-electron chi connectivity index (χ1n) is 12.5. The van der Waals surface area contributed by atoms with Gasteiger partial charge in [-0.05, 0) is 67.5 Å². The molecule has 0 fully saturated rings. The van der Waals surface area contributed by atoms with E-state index in [0.29, 0.717) is 17.5 Å². The van der Waals surface area contributed by atoms with Crippen LogP contribution in [0.4, 0.5) is 8.78 Å². The van der Waals surface area contributed by atoms with Crippen LogP contribution in [0.2, 0.25) is 0 Å². The SMILES string of the molecule is Cc1cc(C)cc([C@@H](CC(C)C)N(N)C(=O)c2cc(COc3cc(F)ccc3F)ccc2CCC(=O)O)c1. The molecule has 3 N–H and O–H groups in total. The molecule has 0 saturated heterocycles. The Hall–Kier alpha value is -3.78. The summed E-state index contributed by atoms with van der Waals surface area (Å²) in [5.41, 5.74) is 4.32. The van der Waals surface area contributed by atoms with E-state index < -0.39 is 29.6 Å². The Labute approximate surface area is 222 Å². The molecule has 1 amide bonds. The Kier molecular flexibility index (Phi) is 9.58. The molecule has 38 heavy (non-hydrogen) atoms. The zero-order valence-corrected chi connectivity index (χ0v) is 22.1. The minimum absolute atomic E-state index is 0.127. The number of nitrogens with zero attached hydrogens (tertiary/aromatic N) is 1.